The Balaban J connectivity index is 0.000000442. The molecule has 0 saturated heterocycles. The van der Waals surface area contributed by atoms with Crippen LogP contribution in [0.3, 0.4) is 0 Å². The second-order valence-electron chi connectivity index (χ2n) is 23.6. The van der Waals surface area contributed by atoms with E-state index in [0.717, 1.165) is 129 Å². The third-order valence-corrected chi connectivity index (χ3v) is 18.2. The van der Waals surface area contributed by atoms with Crippen molar-refractivity contribution in [3.63, 3.8) is 0 Å². The first-order chi connectivity index (χ1) is 52.0. The van der Waals surface area contributed by atoms with E-state index in [9.17, 15) is 27.9 Å². The van der Waals surface area contributed by atoms with Crippen molar-refractivity contribution in [3.05, 3.63) is 202 Å². The van der Waals surface area contributed by atoms with Gasteiger partial charge in [-0.3, -0.25) is 24.4 Å². The molecule has 8 aromatic heterocycles. The number of aliphatic carboxylic acids is 2. The number of nitrogens with zero attached hydrogens (tertiary/aromatic N) is 14. The Kier molecular flexibility index (Phi) is 51.0. The van der Waals surface area contributed by atoms with Gasteiger partial charge in [0.25, 0.3) is 0 Å². The Bertz CT molecular complexity index is 4330. The van der Waals surface area contributed by atoms with Crippen molar-refractivity contribution in [2.24, 2.45) is 5.73 Å². The Morgan fingerprint density at radius 2 is 0.991 bits per heavy atom. The summed E-state index contributed by atoms with van der Waals surface area (Å²) in [6.45, 7) is 12.1. The molecule has 0 aliphatic rings. The van der Waals surface area contributed by atoms with Gasteiger partial charge >= 0.3 is 11.9 Å². The SMILES string of the molecule is C.C=CCCC.CCC(N)c1cnc2ccccc2c1.CCCCCc1ccnc(S(C)(=O)=O)n1.CCCCCc1ccnc(SC)n1.CSc1nccc(Cl)n1.CSc1nccc(I)n1.Nc1nccc(CCCCC(=O)NC(CC(=O)O)c2cnc3ccccc3c2)n1.Nc1nccc(CCCCC(=O)O)n1. The lowest BCUT2D eigenvalue weighted by Gasteiger charge is -2.17. The molecule has 10 rings (SSSR count). The van der Waals surface area contributed by atoms with Crippen LogP contribution in [0.5, 0.6) is 0 Å². The van der Waals surface area contributed by atoms with Crippen LogP contribution in [-0.4, -0.2) is 131 Å². The predicted molar refractivity (Wildman–Crippen MR) is 452 cm³/mol. The van der Waals surface area contributed by atoms with Gasteiger partial charge in [-0.2, -0.15) is 0 Å². The maximum absolute atomic E-state index is 12.4. The molecule has 2 aromatic carbocycles. The van der Waals surface area contributed by atoms with E-state index in [1.165, 1.54) is 49.3 Å². The van der Waals surface area contributed by atoms with E-state index in [4.69, 9.17) is 33.9 Å². The number of para-hydroxylation sites is 2. The average molecular weight is 1700 g/mol. The summed E-state index contributed by atoms with van der Waals surface area (Å²) in [6.07, 6.45) is 39.4. The standard InChI is InChI=1S/C21H23N5O3.C12H14N2.C10H16N2O2S.C10H16N2S.C9H13N3O2.C5H5ClN2S.C5H5IN2S.C5H10.CH4/c22-21-23-10-9-16(25-21)6-2-4-8-19(27)26-18(12-20(28)29)15-11-14-5-1-3-7-17(14)24-13-15;1-2-11(13)10-7-9-5-3-4-6-12(9)14-8-10;1-3-4-5-6-9-7-8-11-10(12-9)15(2,13)14;1-3-4-5-6-9-7-8-11-10(12-9)13-2;10-9-11-6-5-7(12-9)3-1-2-4-8(13)14;2*1-9-5-7-3-2-4(6)8-5;1-3-5-4-2;/h1,3,5,7,9-11,13,18H,2,4,6,8,12H2,(H,26,27)(H,28,29)(H2,22,23,25);3-8,11H,2,13H2,1H3;7-8H,3-6H2,1-2H3;7-8H,3-6H2,1-2H3;5-6H,1-4H2,(H,13,14)(H2,10,11,12);2*2-3H,1H3;3H,1,4-5H2,2H3;1H4. The van der Waals surface area contributed by atoms with Gasteiger partial charge in [0.05, 0.1) is 23.5 Å². The number of fused-ring (bicyclic) bond motifs is 2. The summed E-state index contributed by atoms with van der Waals surface area (Å²) in [5, 5.41) is 25.4. The first-order valence-electron chi connectivity index (χ1n) is 35.3. The highest BCUT2D eigenvalue weighted by molar-refractivity contribution is 14.1. The number of anilines is 2. The lowest BCUT2D eigenvalue weighted by atomic mass is 10.0. The van der Waals surface area contributed by atoms with Crippen molar-refractivity contribution in [1.29, 1.82) is 0 Å². The summed E-state index contributed by atoms with van der Waals surface area (Å²) < 4.78 is 23.4. The maximum atomic E-state index is 12.4. The Morgan fingerprint density at radius 1 is 0.550 bits per heavy atom. The van der Waals surface area contributed by atoms with Crippen LogP contribution in [0.25, 0.3) is 21.8 Å². The minimum Gasteiger partial charge on any atom is -0.481 e. The van der Waals surface area contributed by atoms with Crippen molar-refractivity contribution >= 4 is 131 Å². The number of pyridine rings is 2. The van der Waals surface area contributed by atoms with Crippen LogP contribution >= 0.6 is 69.5 Å². The van der Waals surface area contributed by atoms with Gasteiger partial charge in [0.2, 0.25) is 32.8 Å². The van der Waals surface area contributed by atoms with Gasteiger partial charge in [-0.25, -0.2) is 68.2 Å². The Labute approximate surface area is 674 Å². The molecule has 9 N–H and O–H groups in total. The topological polar surface area (TPSA) is 396 Å². The number of aryl methyl sites for hydroxylation is 4. The molecule has 588 valence electrons. The minimum absolute atomic E-state index is 0. The number of halogens is 2. The van der Waals surface area contributed by atoms with Crippen LogP contribution in [0.4, 0.5) is 11.9 Å². The van der Waals surface area contributed by atoms with Gasteiger partial charge in [0.1, 0.15) is 8.85 Å². The van der Waals surface area contributed by atoms with E-state index in [-0.39, 0.29) is 49.3 Å². The van der Waals surface area contributed by atoms with E-state index in [1.807, 2.05) is 97.9 Å². The Hall–Kier alpha value is -8.53. The fourth-order valence-electron chi connectivity index (χ4n) is 9.24. The van der Waals surface area contributed by atoms with Gasteiger partial charge in [-0.15, -0.1) is 6.58 Å². The zero-order chi connectivity index (χ0) is 79.3. The minimum atomic E-state index is -3.28. The number of amides is 1. The summed E-state index contributed by atoms with van der Waals surface area (Å²) in [5.74, 6) is -1.43. The number of nitrogens with one attached hydrogen (secondary N) is 1. The van der Waals surface area contributed by atoms with E-state index in [0.29, 0.717) is 41.6 Å². The highest BCUT2D eigenvalue weighted by Crippen LogP contribution is 2.23. The predicted octanol–water partition coefficient (Wildman–Crippen LogP) is 17.0. The monoisotopic (exact) mass is 1700 g/mol. The molecule has 0 spiro atoms. The molecule has 1 amide bonds. The number of carbonyl (C=O) groups excluding carboxylic acids is 1. The van der Waals surface area contributed by atoms with Gasteiger partial charge in [0, 0.05) is 108 Å². The van der Waals surface area contributed by atoms with Gasteiger partial charge in [-0.1, -0.05) is 157 Å². The van der Waals surface area contributed by atoms with E-state index in [1.54, 1.807) is 78.8 Å². The van der Waals surface area contributed by atoms with Crippen LogP contribution in [-0.2, 0) is 49.9 Å². The highest BCUT2D eigenvalue weighted by Gasteiger charge is 2.19. The third-order valence-electron chi connectivity index (χ3n) is 14.9. The molecular formula is C78H106ClIN18O7S4. The molecule has 25 nitrogen and oxygen atoms in total. The summed E-state index contributed by atoms with van der Waals surface area (Å²) >= 11 is 12.4. The van der Waals surface area contributed by atoms with Crippen LogP contribution < -0.4 is 22.5 Å². The number of nitrogens with two attached hydrogens (primary N) is 3. The first kappa shape index (κ1) is 96.5. The number of allylic oxidation sites excluding steroid dienone is 1. The number of sulfone groups is 1. The lowest BCUT2D eigenvalue weighted by Crippen LogP contribution is -2.30. The molecular weight excluding hydrogens is 1590 g/mol. The number of hydrogen-bond acceptors (Lipinski definition) is 25. The van der Waals surface area contributed by atoms with E-state index >= 15 is 0 Å². The van der Waals surface area contributed by atoms with Gasteiger partial charge in [0.15, 0.2) is 15.5 Å². The van der Waals surface area contributed by atoms with E-state index in [2.05, 4.69) is 144 Å². The van der Waals surface area contributed by atoms with Crippen molar-refractivity contribution in [2.45, 2.75) is 196 Å². The number of carbonyl (C=O) groups is 3. The average Bonchev–Trinajstić information content (AvgIpc) is 0.837. The van der Waals surface area contributed by atoms with Gasteiger partial charge < -0.3 is 32.7 Å². The maximum Gasteiger partial charge on any atom is 0.305 e. The molecule has 2 unspecified atom stereocenters. The van der Waals surface area contributed by atoms with Crippen molar-refractivity contribution in [3.8, 4) is 0 Å². The summed E-state index contributed by atoms with van der Waals surface area (Å²) in [6, 6.07) is 30.0. The number of unbranched alkanes of at least 4 members (excludes halogenated alkanes) is 7. The molecule has 0 saturated carbocycles. The lowest BCUT2D eigenvalue weighted by molar-refractivity contribution is -0.138. The van der Waals surface area contributed by atoms with Crippen LogP contribution in [0, 0.1) is 3.70 Å². The molecule has 0 fully saturated rings. The summed E-state index contributed by atoms with van der Waals surface area (Å²) in [5.41, 5.74) is 24.2. The molecule has 109 heavy (non-hydrogen) atoms. The highest BCUT2D eigenvalue weighted by atomic mass is 127. The first-order valence-corrected chi connectivity index (χ1v) is 42.4. The summed E-state index contributed by atoms with van der Waals surface area (Å²) in [7, 11) is -3.28. The van der Waals surface area contributed by atoms with Crippen molar-refractivity contribution in [1.82, 2.24) is 75.1 Å². The number of carboxylic acids is 2. The number of carboxylic acid groups (broad SMARTS) is 2. The number of nitrogen functional groups attached to an aromatic ring is 2. The normalized spacial score (nSPS) is 10.9. The number of rotatable bonds is 30. The molecule has 0 aliphatic carbocycles. The number of benzene rings is 2. The third kappa shape index (κ3) is 43.5. The zero-order valence-electron chi connectivity index (χ0n) is 62.8. The fourth-order valence-corrected chi connectivity index (χ4v) is 11.6. The van der Waals surface area contributed by atoms with Crippen molar-refractivity contribution < 1.29 is 33.0 Å². The molecule has 2 atom stereocenters. The molecule has 31 heteroatoms. The summed E-state index contributed by atoms with van der Waals surface area (Å²) in [4.78, 5) is 90.6. The molecule has 8 heterocycles. The number of thioether (sulfide) groups is 3. The van der Waals surface area contributed by atoms with Gasteiger partial charge in [-0.05, 0) is 190 Å². The van der Waals surface area contributed by atoms with Crippen molar-refractivity contribution in [2.75, 3.05) is 36.5 Å². The molecule has 0 bridgehead atoms. The van der Waals surface area contributed by atoms with Crippen LogP contribution in [0.1, 0.15) is 184 Å². The molecule has 10 aromatic rings. The number of aromatic nitrogens is 14. The second-order valence-corrected chi connectivity index (χ2v) is 29.4. The fraction of sp³-hybridized carbons (Fsp3) is 0.397. The van der Waals surface area contributed by atoms with Crippen LogP contribution in [0.2, 0.25) is 5.15 Å². The second kappa shape index (κ2) is 57.5. The van der Waals surface area contributed by atoms with Crippen LogP contribution in [0.15, 0.2) is 180 Å². The Morgan fingerprint density at radius 3 is 1.42 bits per heavy atom. The zero-order valence-corrected chi connectivity index (χ0v) is 68.9. The molecule has 0 radical (unpaired) electrons. The molecule has 0 aliphatic heterocycles. The smallest absolute Gasteiger partial charge is 0.305 e. The number of hydrogen-bond donors (Lipinski definition) is 6. The quantitative estimate of drug-likeness (QED) is 0.00608. The largest absolute Gasteiger partial charge is 0.481 e. The van der Waals surface area contributed by atoms with E-state index < -0.39 is 27.8 Å².